The minimum atomic E-state index is -0.413. The van der Waals surface area contributed by atoms with Gasteiger partial charge in [0, 0.05) is 29.9 Å². The van der Waals surface area contributed by atoms with E-state index in [0.29, 0.717) is 23.5 Å². The van der Waals surface area contributed by atoms with Crippen molar-refractivity contribution in [3.63, 3.8) is 0 Å². The van der Waals surface area contributed by atoms with E-state index in [4.69, 9.17) is 4.74 Å². The van der Waals surface area contributed by atoms with Gasteiger partial charge in [-0.2, -0.15) is 0 Å². The van der Waals surface area contributed by atoms with Crippen LogP contribution < -0.4 is 15.0 Å². The highest BCUT2D eigenvalue weighted by molar-refractivity contribution is 6.03. The number of nitrogens with zero attached hydrogens (tertiary/aromatic N) is 1. The smallest absolute Gasteiger partial charge is 0.229 e. The molecule has 1 saturated heterocycles. The van der Waals surface area contributed by atoms with E-state index in [-0.39, 0.29) is 30.7 Å². The van der Waals surface area contributed by atoms with Crippen molar-refractivity contribution in [2.75, 3.05) is 16.8 Å². The van der Waals surface area contributed by atoms with Gasteiger partial charge in [-0.1, -0.05) is 36.4 Å². The van der Waals surface area contributed by atoms with Crippen LogP contribution in [0.3, 0.4) is 0 Å². The first-order valence-corrected chi connectivity index (χ1v) is 10.1. The van der Waals surface area contributed by atoms with Crippen LogP contribution in [0.5, 0.6) is 5.75 Å². The van der Waals surface area contributed by atoms with Crippen LogP contribution >= 0.6 is 0 Å². The molecular weight excluding hydrogens is 395 g/mol. The summed E-state index contributed by atoms with van der Waals surface area (Å²) in [5, 5.41) is 2.87. The molecule has 1 atom stereocenters. The van der Waals surface area contributed by atoms with Gasteiger partial charge in [0.2, 0.25) is 11.8 Å². The van der Waals surface area contributed by atoms with Crippen LogP contribution in [0, 0.1) is 18.7 Å². The van der Waals surface area contributed by atoms with Crippen molar-refractivity contribution in [2.45, 2.75) is 20.0 Å². The second-order valence-electron chi connectivity index (χ2n) is 7.59. The standard InChI is InChI=1S/C25H23FN2O3/c1-17-6-2-5-9-23(17)28-15-19(14-24(28)29)25(30)27-20-10-12-21(13-11-20)31-16-18-7-3-4-8-22(18)26/h2-13,19H,14-16H2,1H3,(H,27,30)/t19-/m1/s1. The Kier molecular flexibility index (Phi) is 5.98. The van der Waals surface area contributed by atoms with E-state index in [1.807, 2.05) is 31.2 Å². The van der Waals surface area contributed by atoms with Gasteiger partial charge in [0.1, 0.15) is 18.2 Å². The third-order valence-electron chi connectivity index (χ3n) is 5.38. The molecule has 6 heteroatoms. The van der Waals surface area contributed by atoms with Gasteiger partial charge in [0.15, 0.2) is 0 Å². The van der Waals surface area contributed by atoms with Crippen LogP contribution in [-0.2, 0) is 16.2 Å². The molecule has 0 saturated carbocycles. The molecule has 4 rings (SSSR count). The van der Waals surface area contributed by atoms with Gasteiger partial charge in [0.05, 0.1) is 5.92 Å². The number of para-hydroxylation sites is 1. The number of amides is 2. The number of benzene rings is 3. The zero-order valence-electron chi connectivity index (χ0n) is 17.2. The molecule has 1 N–H and O–H groups in total. The molecule has 0 aliphatic carbocycles. The summed E-state index contributed by atoms with van der Waals surface area (Å²) in [6.45, 7) is 2.43. The summed E-state index contributed by atoms with van der Waals surface area (Å²) < 4.78 is 19.3. The lowest BCUT2D eigenvalue weighted by atomic mass is 10.1. The first-order valence-electron chi connectivity index (χ1n) is 10.1. The molecule has 0 unspecified atom stereocenters. The van der Waals surface area contributed by atoms with Crippen molar-refractivity contribution in [2.24, 2.45) is 5.92 Å². The molecule has 1 heterocycles. The highest BCUT2D eigenvalue weighted by atomic mass is 19.1. The Morgan fingerprint density at radius 2 is 1.77 bits per heavy atom. The van der Waals surface area contributed by atoms with Crippen LogP contribution in [0.1, 0.15) is 17.5 Å². The molecule has 1 aliphatic rings. The third kappa shape index (κ3) is 4.74. The number of nitrogens with one attached hydrogen (secondary N) is 1. The number of rotatable bonds is 6. The highest BCUT2D eigenvalue weighted by Gasteiger charge is 2.35. The van der Waals surface area contributed by atoms with Gasteiger partial charge in [-0.3, -0.25) is 9.59 Å². The Balaban J connectivity index is 1.34. The number of hydrogen-bond donors (Lipinski definition) is 1. The van der Waals surface area contributed by atoms with Gasteiger partial charge in [-0.25, -0.2) is 4.39 Å². The molecule has 1 aliphatic heterocycles. The Morgan fingerprint density at radius 3 is 2.52 bits per heavy atom. The van der Waals surface area contributed by atoms with E-state index >= 15 is 0 Å². The maximum absolute atomic E-state index is 13.7. The lowest BCUT2D eigenvalue weighted by Crippen LogP contribution is -2.28. The molecule has 0 radical (unpaired) electrons. The van der Waals surface area contributed by atoms with Crippen molar-refractivity contribution < 1.29 is 18.7 Å². The van der Waals surface area contributed by atoms with Crippen LogP contribution in [0.2, 0.25) is 0 Å². The van der Waals surface area contributed by atoms with E-state index in [2.05, 4.69) is 5.32 Å². The van der Waals surface area contributed by atoms with Crippen molar-refractivity contribution >= 4 is 23.2 Å². The van der Waals surface area contributed by atoms with Crippen LogP contribution in [0.25, 0.3) is 0 Å². The first-order chi connectivity index (χ1) is 15.0. The van der Waals surface area contributed by atoms with Crippen molar-refractivity contribution in [3.8, 4) is 5.75 Å². The lowest BCUT2D eigenvalue weighted by molar-refractivity contribution is -0.122. The van der Waals surface area contributed by atoms with Crippen LogP contribution in [-0.4, -0.2) is 18.4 Å². The van der Waals surface area contributed by atoms with Gasteiger partial charge in [-0.05, 0) is 48.9 Å². The fourth-order valence-corrected chi connectivity index (χ4v) is 3.64. The Labute approximate surface area is 180 Å². The number of ether oxygens (including phenoxy) is 1. The first kappa shape index (κ1) is 20.6. The SMILES string of the molecule is Cc1ccccc1N1C[C@H](C(=O)Nc2ccc(OCc3ccccc3F)cc2)CC1=O. The molecule has 1 fully saturated rings. The Bertz CT molecular complexity index is 1100. The largest absolute Gasteiger partial charge is 0.489 e. The predicted molar refractivity (Wildman–Crippen MR) is 117 cm³/mol. The second-order valence-corrected chi connectivity index (χ2v) is 7.59. The molecule has 3 aromatic carbocycles. The van der Waals surface area contributed by atoms with Crippen LogP contribution in [0.4, 0.5) is 15.8 Å². The zero-order valence-corrected chi connectivity index (χ0v) is 17.2. The summed E-state index contributed by atoms with van der Waals surface area (Å²) in [7, 11) is 0. The number of aryl methyl sites for hydroxylation is 1. The molecule has 31 heavy (non-hydrogen) atoms. The molecule has 2 amide bonds. The third-order valence-corrected chi connectivity index (χ3v) is 5.38. The van der Waals surface area contributed by atoms with Crippen molar-refractivity contribution in [1.29, 1.82) is 0 Å². The maximum Gasteiger partial charge on any atom is 0.229 e. The topological polar surface area (TPSA) is 58.6 Å². The van der Waals surface area contributed by atoms with Gasteiger partial charge >= 0.3 is 0 Å². The Hall–Kier alpha value is -3.67. The molecule has 0 bridgehead atoms. The average molecular weight is 418 g/mol. The summed E-state index contributed by atoms with van der Waals surface area (Å²) in [4.78, 5) is 26.8. The minimum Gasteiger partial charge on any atom is -0.489 e. The summed E-state index contributed by atoms with van der Waals surface area (Å²) in [6, 6.07) is 21.0. The molecule has 5 nitrogen and oxygen atoms in total. The molecule has 0 spiro atoms. The fourth-order valence-electron chi connectivity index (χ4n) is 3.64. The number of carbonyl (C=O) groups is 2. The van der Waals surface area contributed by atoms with Gasteiger partial charge in [-0.15, -0.1) is 0 Å². The van der Waals surface area contributed by atoms with E-state index in [9.17, 15) is 14.0 Å². The lowest BCUT2D eigenvalue weighted by Gasteiger charge is -2.19. The van der Waals surface area contributed by atoms with Gasteiger partial charge in [0.25, 0.3) is 0 Å². The maximum atomic E-state index is 13.7. The number of anilines is 2. The minimum absolute atomic E-state index is 0.0497. The normalized spacial score (nSPS) is 15.7. The van der Waals surface area contributed by atoms with E-state index in [1.165, 1.54) is 6.07 Å². The predicted octanol–water partition coefficient (Wildman–Crippen LogP) is 4.70. The summed E-state index contributed by atoms with van der Waals surface area (Å²) in [6.07, 6.45) is 0.185. The van der Waals surface area contributed by atoms with E-state index < -0.39 is 5.92 Å². The molecular formula is C25H23FN2O3. The van der Waals surface area contributed by atoms with E-state index in [1.54, 1.807) is 47.4 Å². The molecule has 0 aromatic heterocycles. The highest BCUT2D eigenvalue weighted by Crippen LogP contribution is 2.28. The summed E-state index contributed by atoms with van der Waals surface area (Å²) in [5.41, 5.74) is 2.94. The average Bonchev–Trinajstić information content (AvgIpc) is 3.16. The van der Waals surface area contributed by atoms with Gasteiger partial charge < -0.3 is 15.0 Å². The van der Waals surface area contributed by atoms with Crippen LogP contribution in [0.15, 0.2) is 72.8 Å². The number of hydrogen-bond acceptors (Lipinski definition) is 3. The number of halogens is 1. The fraction of sp³-hybridized carbons (Fsp3) is 0.200. The Morgan fingerprint density at radius 1 is 1.06 bits per heavy atom. The monoisotopic (exact) mass is 418 g/mol. The summed E-state index contributed by atoms with van der Waals surface area (Å²) in [5.74, 6) is -0.389. The summed E-state index contributed by atoms with van der Waals surface area (Å²) >= 11 is 0. The quantitative estimate of drug-likeness (QED) is 0.631. The van der Waals surface area contributed by atoms with Crippen molar-refractivity contribution in [1.82, 2.24) is 0 Å². The van der Waals surface area contributed by atoms with E-state index in [0.717, 1.165) is 11.3 Å². The zero-order chi connectivity index (χ0) is 21.8. The number of carbonyl (C=O) groups excluding carboxylic acids is 2. The molecule has 3 aromatic rings. The van der Waals surface area contributed by atoms with Crippen molar-refractivity contribution in [3.05, 3.63) is 89.7 Å². The second kappa shape index (κ2) is 9.00. The molecule has 158 valence electrons.